The number of rotatable bonds is 32. The summed E-state index contributed by atoms with van der Waals surface area (Å²) in [7, 11) is 1.81. The van der Waals surface area contributed by atoms with Gasteiger partial charge in [-0.15, -0.1) is 0 Å². The van der Waals surface area contributed by atoms with Crippen molar-refractivity contribution in [1.82, 2.24) is 4.90 Å². The third kappa shape index (κ3) is 28.7. The molecule has 3 nitrogen and oxygen atoms in total. The van der Waals surface area contributed by atoms with E-state index in [-0.39, 0.29) is 0 Å². The van der Waals surface area contributed by atoms with Crippen molar-refractivity contribution in [3.05, 3.63) is 0 Å². The molecule has 0 spiro atoms. The van der Waals surface area contributed by atoms with Crippen LogP contribution in [0.1, 0.15) is 168 Å². The summed E-state index contributed by atoms with van der Waals surface area (Å²) in [6.45, 7) is 13.7. The molecular weight excluding hydrogens is 454 g/mol. The summed E-state index contributed by atoms with van der Waals surface area (Å²) in [5, 5.41) is 0. The summed E-state index contributed by atoms with van der Waals surface area (Å²) in [5.74, 6) is 0.800. The van der Waals surface area contributed by atoms with Gasteiger partial charge in [-0.3, -0.25) is 0 Å². The van der Waals surface area contributed by atoms with Gasteiger partial charge in [0, 0.05) is 26.9 Å². The maximum Gasteiger partial charge on any atom is 0.0494 e. The second kappa shape index (κ2) is 32.1. The van der Waals surface area contributed by atoms with Crippen molar-refractivity contribution >= 4 is 0 Å². The summed E-state index contributed by atoms with van der Waals surface area (Å²) < 4.78 is 11.4. The van der Waals surface area contributed by atoms with Crippen LogP contribution >= 0.6 is 0 Å². The highest BCUT2D eigenvalue weighted by Crippen LogP contribution is 2.19. The van der Waals surface area contributed by atoms with Gasteiger partial charge >= 0.3 is 0 Å². The van der Waals surface area contributed by atoms with Crippen molar-refractivity contribution in [3.63, 3.8) is 0 Å². The van der Waals surface area contributed by atoms with Gasteiger partial charge in [0.1, 0.15) is 0 Å². The van der Waals surface area contributed by atoms with E-state index in [0.29, 0.717) is 0 Å². The smallest absolute Gasteiger partial charge is 0.0494 e. The van der Waals surface area contributed by atoms with Crippen molar-refractivity contribution in [2.75, 3.05) is 46.6 Å². The Morgan fingerprint density at radius 1 is 0.459 bits per heavy atom. The molecule has 0 aromatic heterocycles. The van der Waals surface area contributed by atoms with Crippen molar-refractivity contribution in [1.29, 1.82) is 0 Å². The summed E-state index contributed by atoms with van der Waals surface area (Å²) >= 11 is 0. The van der Waals surface area contributed by atoms with Crippen LogP contribution < -0.4 is 0 Å². The first kappa shape index (κ1) is 36.9. The standard InChI is InChI=1S/C34H71NO2/c1-5-8-11-13-14-20-27-34(26-19-12-9-6-2)33-37-32-25-18-16-23-30-35(28-21-10-7-3)29-22-15-17-24-31-36-4/h34H,5-33H2,1-4H3. The zero-order valence-corrected chi connectivity index (χ0v) is 26.3. The molecule has 0 N–H and O–H groups in total. The van der Waals surface area contributed by atoms with Gasteiger partial charge in [0.15, 0.2) is 0 Å². The maximum atomic E-state index is 6.22. The van der Waals surface area contributed by atoms with E-state index >= 15 is 0 Å². The number of nitrogens with zero attached hydrogens (tertiary/aromatic N) is 1. The molecule has 0 aliphatic heterocycles. The first-order valence-corrected chi connectivity index (χ1v) is 17.1. The van der Waals surface area contributed by atoms with E-state index in [1.807, 2.05) is 7.11 Å². The Morgan fingerprint density at radius 3 is 1.43 bits per heavy atom. The fourth-order valence-electron chi connectivity index (χ4n) is 5.38. The molecule has 1 unspecified atom stereocenters. The Balaban J connectivity index is 3.96. The van der Waals surface area contributed by atoms with Gasteiger partial charge in [-0.1, -0.05) is 124 Å². The Bertz CT molecular complexity index is 403. The lowest BCUT2D eigenvalue weighted by atomic mass is 9.95. The van der Waals surface area contributed by atoms with E-state index < -0.39 is 0 Å². The highest BCUT2D eigenvalue weighted by Gasteiger charge is 2.09. The van der Waals surface area contributed by atoms with Crippen LogP contribution in [0.5, 0.6) is 0 Å². The van der Waals surface area contributed by atoms with Crippen molar-refractivity contribution in [2.24, 2.45) is 5.92 Å². The van der Waals surface area contributed by atoms with Crippen LogP contribution in [0.15, 0.2) is 0 Å². The molecule has 3 heteroatoms. The van der Waals surface area contributed by atoms with E-state index in [1.54, 1.807) is 0 Å². The molecule has 0 amide bonds. The highest BCUT2D eigenvalue weighted by molar-refractivity contribution is 4.62. The van der Waals surface area contributed by atoms with Gasteiger partial charge in [0.05, 0.1) is 0 Å². The summed E-state index contributed by atoms with van der Waals surface area (Å²) in [5.41, 5.74) is 0. The predicted octanol–water partition coefficient (Wildman–Crippen LogP) is 10.6. The molecule has 0 saturated heterocycles. The SMILES string of the molecule is CCCCCCCCC(CCCCCC)COCCCCCCN(CCCCC)CCCCCCOC. The number of unbranched alkanes of at least 4 members (excludes halogenated alkanes) is 16. The third-order valence-electron chi connectivity index (χ3n) is 7.95. The molecule has 0 radical (unpaired) electrons. The second-order valence-electron chi connectivity index (χ2n) is 11.7. The number of hydrogen-bond donors (Lipinski definition) is 0. The van der Waals surface area contributed by atoms with Gasteiger partial charge in [0.2, 0.25) is 0 Å². The minimum Gasteiger partial charge on any atom is -0.385 e. The lowest BCUT2D eigenvalue weighted by Crippen LogP contribution is -2.27. The summed E-state index contributed by atoms with van der Waals surface area (Å²) in [4.78, 5) is 2.74. The number of methoxy groups -OCH3 is 1. The fourth-order valence-corrected chi connectivity index (χ4v) is 5.38. The number of ether oxygens (including phenoxy) is 2. The van der Waals surface area contributed by atoms with Crippen LogP contribution in [0.2, 0.25) is 0 Å². The Hall–Kier alpha value is -0.120. The lowest BCUT2D eigenvalue weighted by molar-refractivity contribution is 0.0877. The van der Waals surface area contributed by atoms with Crippen molar-refractivity contribution < 1.29 is 9.47 Å². The van der Waals surface area contributed by atoms with Crippen LogP contribution in [-0.2, 0) is 9.47 Å². The lowest BCUT2D eigenvalue weighted by Gasteiger charge is -2.22. The Morgan fingerprint density at radius 2 is 0.865 bits per heavy atom. The minimum absolute atomic E-state index is 0.800. The van der Waals surface area contributed by atoms with E-state index in [1.165, 1.54) is 167 Å². The fraction of sp³-hybridized carbons (Fsp3) is 1.00. The average molecular weight is 526 g/mol. The third-order valence-corrected chi connectivity index (χ3v) is 7.95. The molecular formula is C34H71NO2. The minimum atomic E-state index is 0.800. The van der Waals surface area contributed by atoms with E-state index in [9.17, 15) is 0 Å². The molecule has 0 aromatic rings. The molecule has 0 heterocycles. The normalized spacial score (nSPS) is 12.6. The van der Waals surface area contributed by atoms with Gasteiger partial charge < -0.3 is 14.4 Å². The average Bonchev–Trinajstić information content (AvgIpc) is 2.91. The van der Waals surface area contributed by atoms with Crippen LogP contribution in [0.25, 0.3) is 0 Å². The molecule has 224 valence electrons. The molecule has 0 fully saturated rings. The van der Waals surface area contributed by atoms with Gasteiger partial charge in [0.25, 0.3) is 0 Å². The molecule has 0 aliphatic rings. The van der Waals surface area contributed by atoms with Gasteiger partial charge in [-0.05, 0) is 70.5 Å². The van der Waals surface area contributed by atoms with Crippen molar-refractivity contribution in [3.8, 4) is 0 Å². The maximum absolute atomic E-state index is 6.22. The number of hydrogen-bond acceptors (Lipinski definition) is 3. The van der Waals surface area contributed by atoms with Crippen LogP contribution in [0, 0.1) is 5.92 Å². The Labute approximate surface area is 235 Å². The molecule has 1 atom stereocenters. The topological polar surface area (TPSA) is 21.7 Å². The van der Waals surface area contributed by atoms with Gasteiger partial charge in [-0.25, -0.2) is 0 Å². The van der Waals surface area contributed by atoms with E-state index in [4.69, 9.17) is 9.47 Å². The van der Waals surface area contributed by atoms with Crippen LogP contribution in [-0.4, -0.2) is 51.5 Å². The quantitative estimate of drug-likeness (QED) is 0.0815. The molecule has 37 heavy (non-hydrogen) atoms. The zero-order chi connectivity index (χ0) is 27.1. The van der Waals surface area contributed by atoms with E-state index in [0.717, 1.165) is 25.7 Å². The second-order valence-corrected chi connectivity index (χ2v) is 11.7. The molecule has 0 bridgehead atoms. The van der Waals surface area contributed by atoms with Crippen LogP contribution in [0.4, 0.5) is 0 Å². The monoisotopic (exact) mass is 526 g/mol. The van der Waals surface area contributed by atoms with Crippen molar-refractivity contribution in [2.45, 2.75) is 168 Å². The molecule has 0 rings (SSSR count). The largest absolute Gasteiger partial charge is 0.385 e. The molecule has 0 saturated carbocycles. The Kier molecular flexibility index (Phi) is 32.0. The summed E-state index contributed by atoms with van der Waals surface area (Å²) in [6, 6.07) is 0. The van der Waals surface area contributed by atoms with Crippen LogP contribution in [0.3, 0.4) is 0 Å². The first-order chi connectivity index (χ1) is 18.3. The molecule has 0 aliphatic carbocycles. The van der Waals surface area contributed by atoms with E-state index in [2.05, 4.69) is 25.7 Å². The zero-order valence-electron chi connectivity index (χ0n) is 26.3. The summed E-state index contributed by atoms with van der Waals surface area (Å²) in [6.07, 6.45) is 31.4. The predicted molar refractivity (Wildman–Crippen MR) is 166 cm³/mol. The highest BCUT2D eigenvalue weighted by atomic mass is 16.5. The molecule has 0 aromatic carbocycles. The van der Waals surface area contributed by atoms with Gasteiger partial charge in [-0.2, -0.15) is 0 Å². The first-order valence-electron chi connectivity index (χ1n) is 17.1.